The van der Waals surface area contributed by atoms with Gasteiger partial charge in [-0.25, -0.2) is 13.1 Å². The lowest BCUT2D eigenvalue weighted by atomic mass is 9.92. The number of hydrogen-bond donors (Lipinski definition) is 1. The minimum absolute atomic E-state index is 0.00253. The van der Waals surface area contributed by atoms with E-state index in [0.717, 1.165) is 0 Å². The van der Waals surface area contributed by atoms with Crippen LogP contribution in [0.4, 0.5) is 8.78 Å². The number of ether oxygens (including phenoxy) is 2. The Bertz CT molecular complexity index is 730. The summed E-state index contributed by atoms with van der Waals surface area (Å²) in [5.41, 5.74) is 0.292. The maximum Gasteiger partial charge on any atom is 0.328 e. The van der Waals surface area contributed by atoms with E-state index in [1.165, 1.54) is 29.8 Å². The van der Waals surface area contributed by atoms with Crippen molar-refractivity contribution in [3.63, 3.8) is 0 Å². The molecular formula is C16H21F2NO5S. The number of benzene rings is 1. The number of nitrogens with one attached hydrogen (secondary N) is 1. The standard InChI is InChI=1S/C16H21F2NO5S/c1-3-24-13-4-5-14(11(2)10-13)25(21,22)19-15(20)16(17,18)12-6-8-23-9-7-12/h4-5,10,12H,3,6-9H2,1-2H3,(H,19,20). The van der Waals surface area contributed by atoms with Crippen LogP contribution in [0.5, 0.6) is 5.75 Å². The number of amides is 1. The molecule has 0 spiro atoms. The molecule has 140 valence electrons. The molecule has 1 aliphatic rings. The number of alkyl halides is 2. The van der Waals surface area contributed by atoms with Crippen LogP contribution in [0.2, 0.25) is 0 Å². The van der Waals surface area contributed by atoms with Crippen molar-refractivity contribution < 1.29 is 31.5 Å². The Balaban J connectivity index is 2.18. The van der Waals surface area contributed by atoms with Crippen molar-refractivity contribution in [1.82, 2.24) is 4.72 Å². The van der Waals surface area contributed by atoms with E-state index in [1.54, 1.807) is 6.92 Å². The third-order valence-corrected chi connectivity index (χ3v) is 5.50. The second-order valence-electron chi connectivity index (χ2n) is 5.80. The maximum atomic E-state index is 14.3. The topological polar surface area (TPSA) is 81.7 Å². The molecule has 1 amide bonds. The molecule has 0 radical (unpaired) electrons. The number of halogens is 2. The second kappa shape index (κ2) is 7.65. The predicted molar refractivity (Wildman–Crippen MR) is 86.2 cm³/mol. The Morgan fingerprint density at radius 2 is 2.00 bits per heavy atom. The third kappa shape index (κ3) is 4.46. The number of hydrogen-bond acceptors (Lipinski definition) is 5. The highest BCUT2D eigenvalue weighted by atomic mass is 32.2. The van der Waals surface area contributed by atoms with Crippen molar-refractivity contribution >= 4 is 15.9 Å². The first-order valence-corrected chi connectivity index (χ1v) is 9.43. The monoisotopic (exact) mass is 377 g/mol. The van der Waals surface area contributed by atoms with Crippen LogP contribution >= 0.6 is 0 Å². The van der Waals surface area contributed by atoms with Gasteiger partial charge in [-0.1, -0.05) is 0 Å². The lowest BCUT2D eigenvalue weighted by molar-refractivity contribution is -0.157. The third-order valence-electron chi connectivity index (χ3n) is 4.01. The van der Waals surface area contributed by atoms with E-state index >= 15 is 0 Å². The van der Waals surface area contributed by atoms with E-state index in [1.807, 2.05) is 0 Å². The molecule has 1 aliphatic heterocycles. The summed E-state index contributed by atoms with van der Waals surface area (Å²) in [5.74, 6) is -6.38. The number of aryl methyl sites for hydroxylation is 1. The molecule has 1 heterocycles. The minimum atomic E-state index is -4.41. The van der Waals surface area contributed by atoms with Crippen LogP contribution in [0.25, 0.3) is 0 Å². The molecule has 1 saturated heterocycles. The first kappa shape index (κ1) is 19.6. The first-order valence-electron chi connectivity index (χ1n) is 7.94. The van der Waals surface area contributed by atoms with Gasteiger partial charge in [0, 0.05) is 19.1 Å². The zero-order valence-electron chi connectivity index (χ0n) is 14.1. The Hall–Kier alpha value is -1.74. The van der Waals surface area contributed by atoms with Crippen LogP contribution in [0.1, 0.15) is 25.3 Å². The molecule has 0 bridgehead atoms. The van der Waals surface area contributed by atoms with E-state index in [9.17, 15) is 22.0 Å². The van der Waals surface area contributed by atoms with Crippen LogP contribution in [0, 0.1) is 12.8 Å². The summed E-state index contributed by atoms with van der Waals surface area (Å²) in [6.07, 6.45) is 0.00506. The molecule has 0 aliphatic carbocycles. The van der Waals surface area contributed by atoms with Gasteiger partial charge in [-0.3, -0.25) is 4.79 Å². The van der Waals surface area contributed by atoms with Gasteiger partial charge in [-0.15, -0.1) is 0 Å². The Morgan fingerprint density at radius 3 is 2.56 bits per heavy atom. The lowest BCUT2D eigenvalue weighted by Crippen LogP contribution is -2.48. The largest absolute Gasteiger partial charge is 0.494 e. The molecular weight excluding hydrogens is 356 g/mol. The van der Waals surface area contributed by atoms with Crippen molar-refractivity contribution in [2.75, 3.05) is 19.8 Å². The summed E-state index contributed by atoms with van der Waals surface area (Å²) in [4.78, 5) is 11.7. The number of rotatable bonds is 6. The molecule has 1 fully saturated rings. The Morgan fingerprint density at radius 1 is 1.36 bits per heavy atom. The molecule has 9 heteroatoms. The van der Waals surface area contributed by atoms with Crippen LogP contribution < -0.4 is 9.46 Å². The number of carbonyl (C=O) groups excluding carboxylic acids is 1. The fraction of sp³-hybridized carbons (Fsp3) is 0.562. The van der Waals surface area contributed by atoms with Crippen LogP contribution in [-0.4, -0.2) is 40.1 Å². The van der Waals surface area contributed by atoms with Crippen molar-refractivity contribution in [3.05, 3.63) is 23.8 Å². The van der Waals surface area contributed by atoms with Crippen LogP contribution in [0.3, 0.4) is 0 Å². The van der Waals surface area contributed by atoms with Gasteiger partial charge in [-0.05, 0) is 50.5 Å². The van der Waals surface area contributed by atoms with Gasteiger partial charge in [-0.2, -0.15) is 8.78 Å². The van der Waals surface area contributed by atoms with Gasteiger partial charge in [0.2, 0.25) is 0 Å². The van der Waals surface area contributed by atoms with Crippen molar-refractivity contribution in [2.24, 2.45) is 5.92 Å². The first-order chi connectivity index (χ1) is 11.7. The summed E-state index contributed by atoms with van der Waals surface area (Å²) >= 11 is 0. The Labute approximate surface area is 145 Å². The summed E-state index contributed by atoms with van der Waals surface area (Å²) in [5, 5.41) is 0. The maximum absolute atomic E-state index is 14.3. The van der Waals surface area contributed by atoms with Gasteiger partial charge in [0.05, 0.1) is 11.5 Å². The van der Waals surface area contributed by atoms with E-state index in [4.69, 9.17) is 9.47 Å². The van der Waals surface area contributed by atoms with E-state index in [2.05, 4.69) is 0 Å². The Kier molecular flexibility index (Phi) is 5.99. The lowest BCUT2D eigenvalue weighted by Gasteiger charge is -2.28. The summed E-state index contributed by atoms with van der Waals surface area (Å²) in [6.45, 7) is 3.92. The molecule has 1 aromatic rings. The summed E-state index contributed by atoms with van der Waals surface area (Å²) < 4.78 is 64.9. The molecule has 25 heavy (non-hydrogen) atoms. The van der Waals surface area contributed by atoms with Gasteiger partial charge >= 0.3 is 11.8 Å². The zero-order valence-corrected chi connectivity index (χ0v) is 14.9. The van der Waals surface area contributed by atoms with Crippen molar-refractivity contribution in [2.45, 2.75) is 37.5 Å². The van der Waals surface area contributed by atoms with Crippen LogP contribution in [-0.2, 0) is 19.6 Å². The molecule has 0 aromatic heterocycles. The predicted octanol–water partition coefficient (Wildman–Crippen LogP) is 2.26. The molecule has 0 atom stereocenters. The normalized spacial score (nSPS) is 16.5. The fourth-order valence-corrected chi connectivity index (χ4v) is 3.89. The molecule has 0 saturated carbocycles. The van der Waals surface area contributed by atoms with Gasteiger partial charge in [0.15, 0.2) is 0 Å². The smallest absolute Gasteiger partial charge is 0.328 e. The van der Waals surface area contributed by atoms with Crippen molar-refractivity contribution in [3.8, 4) is 5.75 Å². The highest BCUT2D eigenvalue weighted by Gasteiger charge is 2.48. The highest BCUT2D eigenvalue weighted by Crippen LogP contribution is 2.33. The van der Waals surface area contributed by atoms with E-state index in [-0.39, 0.29) is 31.0 Å². The molecule has 1 aromatic carbocycles. The van der Waals surface area contributed by atoms with E-state index < -0.39 is 27.8 Å². The number of sulfonamides is 1. The highest BCUT2D eigenvalue weighted by molar-refractivity contribution is 7.90. The average molecular weight is 377 g/mol. The molecule has 1 N–H and O–H groups in total. The summed E-state index contributed by atoms with van der Waals surface area (Å²) in [6, 6.07) is 4.11. The minimum Gasteiger partial charge on any atom is -0.494 e. The van der Waals surface area contributed by atoms with Gasteiger partial charge < -0.3 is 9.47 Å². The van der Waals surface area contributed by atoms with Gasteiger partial charge in [0.1, 0.15) is 5.75 Å². The quantitative estimate of drug-likeness (QED) is 0.822. The summed E-state index contributed by atoms with van der Waals surface area (Å²) in [7, 11) is -4.41. The van der Waals surface area contributed by atoms with Crippen LogP contribution in [0.15, 0.2) is 23.1 Å². The second-order valence-corrected chi connectivity index (χ2v) is 7.46. The molecule has 0 unspecified atom stereocenters. The van der Waals surface area contributed by atoms with Crippen molar-refractivity contribution in [1.29, 1.82) is 0 Å². The molecule has 2 rings (SSSR count). The number of carbonyl (C=O) groups is 1. The van der Waals surface area contributed by atoms with E-state index in [0.29, 0.717) is 17.9 Å². The fourth-order valence-electron chi connectivity index (χ4n) is 2.67. The van der Waals surface area contributed by atoms with Gasteiger partial charge in [0.25, 0.3) is 10.0 Å². The molecule has 6 nitrogen and oxygen atoms in total. The average Bonchev–Trinajstić information content (AvgIpc) is 2.55. The SMILES string of the molecule is CCOc1ccc(S(=O)(=O)NC(=O)C(F)(F)C2CCOCC2)c(C)c1. The zero-order chi connectivity index (χ0) is 18.7.